The van der Waals surface area contributed by atoms with Crippen LogP contribution in [0.1, 0.15) is 58.6 Å². The number of nitrogens with one attached hydrogen (secondary N) is 1. The third-order valence-electron chi connectivity index (χ3n) is 8.00. The van der Waals surface area contributed by atoms with E-state index in [0.717, 1.165) is 6.42 Å². The highest BCUT2D eigenvalue weighted by Gasteiger charge is 2.56. The Hall–Kier alpha value is -3.19. The number of amides is 3. The average molecular weight is 512 g/mol. The van der Waals surface area contributed by atoms with Gasteiger partial charge in [-0.2, -0.15) is 5.26 Å². The molecule has 37 heavy (non-hydrogen) atoms. The molecule has 2 bridgehead atoms. The van der Waals surface area contributed by atoms with Gasteiger partial charge >= 0.3 is 6.09 Å². The zero-order valence-electron chi connectivity index (χ0n) is 21.7. The van der Waals surface area contributed by atoms with Crippen LogP contribution in [-0.2, 0) is 14.3 Å². The number of carbonyl (C=O) groups is 3. The number of piperidine rings is 1. The molecule has 0 aromatic heterocycles. The maximum absolute atomic E-state index is 14.4. The van der Waals surface area contributed by atoms with Gasteiger partial charge in [-0.1, -0.05) is 18.2 Å². The summed E-state index contributed by atoms with van der Waals surface area (Å²) in [5, 5.41) is 12.3. The molecule has 1 N–H and O–H groups in total. The van der Waals surface area contributed by atoms with Crippen LogP contribution in [0.4, 0.5) is 9.18 Å². The van der Waals surface area contributed by atoms with Crippen LogP contribution in [0.3, 0.4) is 0 Å². The lowest BCUT2D eigenvalue weighted by Gasteiger charge is -2.39. The van der Waals surface area contributed by atoms with E-state index in [2.05, 4.69) is 11.4 Å². The summed E-state index contributed by atoms with van der Waals surface area (Å²) in [6.45, 7) is 7.72. The molecule has 1 aromatic rings. The molecular weight excluding hydrogens is 477 g/mol. The van der Waals surface area contributed by atoms with Crippen molar-refractivity contribution in [3.63, 3.8) is 0 Å². The van der Waals surface area contributed by atoms with Gasteiger partial charge in [0.1, 0.15) is 23.5 Å². The first kappa shape index (κ1) is 25.5. The molecule has 3 amide bonds. The maximum atomic E-state index is 14.4. The number of fused-ring (bicyclic) bond motifs is 3. The molecule has 3 saturated heterocycles. The number of hydrogen-bond donors (Lipinski definition) is 1. The van der Waals surface area contributed by atoms with Crippen molar-refractivity contribution < 1.29 is 23.5 Å². The molecule has 3 aliphatic heterocycles. The summed E-state index contributed by atoms with van der Waals surface area (Å²) in [7, 11) is 0. The smallest absolute Gasteiger partial charge is 0.408 e. The molecular formula is C27H34FN5O4. The third-order valence-corrected chi connectivity index (χ3v) is 8.00. The first-order chi connectivity index (χ1) is 17.5. The highest BCUT2D eigenvalue weighted by Crippen LogP contribution is 2.48. The minimum atomic E-state index is -0.949. The second-order valence-electron chi connectivity index (χ2n) is 11.7. The number of alkyl carbamates (subject to hydrolysis) is 1. The number of carbonyl (C=O) groups excluding carboxylic acids is 3. The van der Waals surface area contributed by atoms with E-state index < -0.39 is 35.9 Å². The Morgan fingerprint density at radius 1 is 1.24 bits per heavy atom. The Balaban J connectivity index is 1.32. The summed E-state index contributed by atoms with van der Waals surface area (Å²) in [6, 6.07) is 6.31. The molecule has 1 unspecified atom stereocenters. The fourth-order valence-corrected chi connectivity index (χ4v) is 6.30. The average Bonchev–Trinajstić information content (AvgIpc) is 3.15. The highest BCUT2D eigenvalue weighted by atomic mass is 19.1. The topological polar surface area (TPSA) is 106 Å². The maximum Gasteiger partial charge on any atom is 0.408 e. The number of benzene rings is 1. The van der Waals surface area contributed by atoms with E-state index in [0.29, 0.717) is 30.9 Å². The number of rotatable bonds is 6. The number of hydrogen-bond acceptors (Lipinski definition) is 6. The molecule has 7 atom stereocenters. The summed E-state index contributed by atoms with van der Waals surface area (Å²) < 4.78 is 19.8. The molecule has 4 aliphatic rings. The summed E-state index contributed by atoms with van der Waals surface area (Å²) in [6.07, 6.45) is 1.40. The minimum absolute atomic E-state index is 0.0360. The number of likely N-dealkylation sites (tertiary alicyclic amines) is 3. The monoisotopic (exact) mass is 511 g/mol. The normalized spacial score (nSPS) is 30.1. The molecule has 0 radical (unpaired) electrons. The minimum Gasteiger partial charge on any atom is -0.444 e. The Morgan fingerprint density at radius 2 is 1.97 bits per heavy atom. The van der Waals surface area contributed by atoms with E-state index in [1.54, 1.807) is 48.8 Å². The van der Waals surface area contributed by atoms with Gasteiger partial charge in [-0.15, -0.1) is 0 Å². The molecule has 1 saturated carbocycles. The van der Waals surface area contributed by atoms with Crippen LogP contribution in [0.25, 0.3) is 0 Å². The van der Waals surface area contributed by atoms with E-state index in [1.165, 1.54) is 6.07 Å². The Morgan fingerprint density at radius 3 is 2.62 bits per heavy atom. The van der Waals surface area contributed by atoms with Crippen LogP contribution in [0.15, 0.2) is 24.3 Å². The number of nitriles is 1. The zero-order chi connectivity index (χ0) is 26.6. The predicted octanol–water partition coefficient (Wildman–Crippen LogP) is 2.58. The van der Waals surface area contributed by atoms with Gasteiger partial charge in [0.15, 0.2) is 0 Å². The SMILES string of the molecule is C[C@@H](c1ccccc1F)N1C(=O)[C@@H]2CC1CN2C[C@H](NC(=O)OC(C)(C)C)C(=O)N1[C@H](C#N)C[C@@H]2C[C@@H]21. The van der Waals surface area contributed by atoms with E-state index in [4.69, 9.17) is 4.74 Å². The van der Waals surface area contributed by atoms with Gasteiger partial charge in [-0.25, -0.2) is 9.18 Å². The second kappa shape index (κ2) is 9.28. The fourth-order valence-electron chi connectivity index (χ4n) is 6.30. The van der Waals surface area contributed by atoms with Crippen LogP contribution in [-0.4, -0.2) is 81.5 Å². The molecule has 4 fully saturated rings. The van der Waals surface area contributed by atoms with Gasteiger partial charge in [0.2, 0.25) is 11.8 Å². The van der Waals surface area contributed by atoms with Crippen molar-refractivity contribution in [2.45, 2.75) is 88.8 Å². The van der Waals surface area contributed by atoms with Gasteiger partial charge in [-0.05, 0) is 58.9 Å². The van der Waals surface area contributed by atoms with Gasteiger partial charge in [-0.3, -0.25) is 14.5 Å². The van der Waals surface area contributed by atoms with Gasteiger partial charge < -0.3 is 19.9 Å². The Labute approximate surface area is 216 Å². The van der Waals surface area contributed by atoms with Gasteiger partial charge in [0.25, 0.3) is 0 Å². The predicted molar refractivity (Wildman–Crippen MR) is 131 cm³/mol. The van der Waals surface area contributed by atoms with Crippen molar-refractivity contribution in [2.75, 3.05) is 13.1 Å². The lowest BCUT2D eigenvalue weighted by molar-refractivity contribution is -0.141. The molecule has 3 heterocycles. The van der Waals surface area contributed by atoms with Crippen LogP contribution in [0.5, 0.6) is 0 Å². The van der Waals surface area contributed by atoms with Gasteiger partial charge in [0.05, 0.1) is 18.2 Å². The number of nitrogens with zero attached hydrogens (tertiary/aromatic N) is 4. The first-order valence-electron chi connectivity index (χ1n) is 13.0. The third kappa shape index (κ3) is 4.77. The number of piperazine rings is 1. The van der Waals surface area contributed by atoms with Crippen molar-refractivity contribution in [1.29, 1.82) is 5.26 Å². The molecule has 0 spiro atoms. The van der Waals surface area contributed by atoms with Crippen molar-refractivity contribution in [1.82, 2.24) is 20.0 Å². The molecule has 198 valence electrons. The summed E-state index contributed by atoms with van der Waals surface area (Å²) in [5.74, 6) is -0.415. The van der Waals surface area contributed by atoms with Crippen molar-refractivity contribution >= 4 is 17.9 Å². The number of halogens is 1. The summed E-state index contributed by atoms with van der Waals surface area (Å²) >= 11 is 0. The largest absolute Gasteiger partial charge is 0.444 e. The van der Waals surface area contributed by atoms with E-state index in [1.807, 2.05) is 11.8 Å². The van der Waals surface area contributed by atoms with Crippen molar-refractivity contribution in [2.24, 2.45) is 5.92 Å². The Bertz CT molecular complexity index is 1150. The number of ether oxygens (including phenoxy) is 1. The molecule has 1 aliphatic carbocycles. The van der Waals surface area contributed by atoms with E-state index in [-0.39, 0.29) is 36.3 Å². The quantitative estimate of drug-likeness (QED) is 0.629. The van der Waals surface area contributed by atoms with Crippen LogP contribution < -0.4 is 5.32 Å². The molecule has 9 nitrogen and oxygen atoms in total. The highest BCUT2D eigenvalue weighted by molar-refractivity contribution is 5.89. The molecule has 10 heteroatoms. The first-order valence-corrected chi connectivity index (χ1v) is 13.0. The van der Waals surface area contributed by atoms with Crippen LogP contribution >= 0.6 is 0 Å². The standard InChI is InChI=1S/C27H34FN5O4/c1-15(19-7-5-6-8-20(19)28)32-18-11-23(25(32)35)31(13-18)14-21(30-26(36)37-27(2,3)4)24(34)33-17(12-29)9-16-10-22(16)33/h5-8,15-18,21-23H,9-11,13-14H2,1-4H3,(H,30,36)/t15-,16+,17-,18?,21-,22-,23-/m0/s1. The molecule has 5 rings (SSSR count). The van der Waals surface area contributed by atoms with E-state index >= 15 is 0 Å². The summed E-state index contributed by atoms with van der Waals surface area (Å²) in [4.78, 5) is 45.0. The van der Waals surface area contributed by atoms with Crippen molar-refractivity contribution in [3.8, 4) is 6.07 Å². The van der Waals surface area contributed by atoms with Crippen LogP contribution in [0.2, 0.25) is 0 Å². The lowest BCUT2D eigenvalue weighted by Crippen LogP contribution is -2.59. The van der Waals surface area contributed by atoms with Crippen LogP contribution in [0, 0.1) is 23.1 Å². The fraction of sp³-hybridized carbons (Fsp3) is 0.630. The Kier molecular flexibility index (Phi) is 6.39. The zero-order valence-corrected chi connectivity index (χ0v) is 21.7. The second-order valence-corrected chi connectivity index (χ2v) is 11.7. The van der Waals surface area contributed by atoms with Crippen molar-refractivity contribution in [3.05, 3.63) is 35.6 Å². The molecule has 1 aromatic carbocycles. The van der Waals surface area contributed by atoms with Gasteiger partial charge in [0, 0.05) is 30.7 Å². The lowest BCUT2D eigenvalue weighted by atomic mass is 10.0. The van der Waals surface area contributed by atoms with E-state index in [9.17, 15) is 24.0 Å². The summed E-state index contributed by atoms with van der Waals surface area (Å²) in [5.41, 5.74) is -0.265.